The van der Waals surface area contributed by atoms with E-state index in [9.17, 15) is 13.2 Å². The third kappa shape index (κ3) is 5.49. The Kier molecular flexibility index (Phi) is 6.03. The maximum absolute atomic E-state index is 11.9. The largest absolute Gasteiger partial charge is 0.497 e. The highest BCUT2D eigenvalue weighted by Crippen LogP contribution is 2.22. The summed E-state index contributed by atoms with van der Waals surface area (Å²) < 4.78 is 28.2. The van der Waals surface area contributed by atoms with E-state index in [1.807, 2.05) is 24.3 Å². The Hall–Kier alpha value is -2.54. The van der Waals surface area contributed by atoms with Crippen LogP contribution in [0.5, 0.6) is 5.75 Å². The van der Waals surface area contributed by atoms with E-state index in [2.05, 4.69) is 10.6 Å². The molecule has 0 aliphatic heterocycles. The van der Waals surface area contributed by atoms with Crippen LogP contribution in [0, 0.1) is 0 Å². The number of carbonyl (C=O) groups is 1. The summed E-state index contributed by atoms with van der Waals surface area (Å²) >= 11 is 0. The molecular weight excluding hydrogens is 340 g/mol. The third-order valence-electron chi connectivity index (χ3n) is 3.89. The fourth-order valence-electron chi connectivity index (χ4n) is 2.19. The first-order chi connectivity index (χ1) is 11.8. The summed E-state index contributed by atoms with van der Waals surface area (Å²) in [4.78, 5) is 11.9. The molecule has 0 unspecified atom stereocenters. The zero-order valence-electron chi connectivity index (χ0n) is 14.4. The van der Waals surface area contributed by atoms with E-state index in [1.54, 1.807) is 38.3 Å². The molecule has 0 saturated carbocycles. The summed E-state index contributed by atoms with van der Waals surface area (Å²) in [5, 5.41) is 4.90. The molecule has 2 N–H and O–H groups in total. The van der Waals surface area contributed by atoms with Gasteiger partial charge < -0.3 is 15.4 Å². The summed E-state index contributed by atoms with van der Waals surface area (Å²) in [5.74, 6) is 0.761. The number of anilines is 1. The molecule has 0 aromatic heterocycles. The van der Waals surface area contributed by atoms with Crippen LogP contribution in [0.15, 0.2) is 48.5 Å². The van der Waals surface area contributed by atoms with Gasteiger partial charge in [0.25, 0.3) is 0 Å². The molecule has 0 heterocycles. The molecule has 25 heavy (non-hydrogen) atoms. The minimum atomic E-state index is -3.14. The molecule has 0 spiro atoms. The van der Waals surface area contributed by atoms with Crippen molar-refractivity contribution in [1.82, 2.24) is 5.32 Å². The van der Waals surface area contributed by atoms with Crippen molar-refractivity contribution < 1.29 is 17.9 Å². The van der Waals surface area contributed by atoms with E-state index >= 15 is 0 Å². The number of rotatable bonds is 6. The van der Waals surface area contributed by atoms with Crippen LogP contribution < -0.4 is 15.4 Å². The van der Waals surface area contributed by atoms with Gasteiger partial charge in [-0.3, -0.25) is 0 Å². The van der Waals surface area contributed by atoms with E-state index < -0.39 is 15.1 Å². The molecule has 0 radical (unpaired) electrons. The molecule has 7 heteroatoms. The molecule has 0 aliphatic carbocycles. The van der Waals surface area contributed by atoms with Gasteiger partial charge in [-0.1, -0.05) is 24.3 Å². The Morgan fingerprint density at radius 1 is 1.08 bits per heavy atom. The monoisotopic (exact) mass is 362 g/mol. The van der Waals surface area contributed by atoms with Crippen LogP contribution in [0.2, 0.25) is 0 Å². The molecule has 0 fully saturated rings. The van der Waals surface area contributed by atoms with Gasteiger partial charge in [-0.05, 0) is 42.3 Å². The Morgan fingerprint density at radius 2 is 1.68 bits per heavy atom. The summed E-state index contributed by atoms with van der Waals surface area (Å²) in [5.41, 5.74) is 2.23. The molecule has 1 atom stereocenters. The van der Waals surface area contributed by atoms with Crippen molar-refractivity contribution >= 4 is 21.6 Å². The predicted octanol–water partition coefficient (Wildman–Crippen LogP) is 3.12. The number of hydrogen-bond acceptors (Lipinski definition) is 4. The molecular formula is C18H22N2O4S. The Balaban J connectivity index is 1.89. The number of urea groups is 1. The van der Waals surface area contributed by atoms with Gasteiger partial charge >= 0.3 is 6.03 Å². The van der Waals surface area contributed by atoms with Crippen molar-refractivity contribution in [1.29, 1.82) is 0 Å². The van der Waals surface area contributed by atoms with Crippen LogP contribution in [0.25, 0.3) is 0 Å². The van der Waals surface area contributed by atoms with E-state index in [1.165, 1.54) is 6.26 Å². The molecule has 0 bridgehead atoms. The van der Waals surface area contributed by atoms with Crippen molar-refractivity contribution in [3.63, 3.8) is 0 Å². The fourth-order valence-corrected chi connectivity index (χ4v) is 2.84. The molecule has 6 nitrogen and oxygen atoms in total. The first-order valence-electron chi connectivity index (χ1n) is 7.76. The third-order valence-corrected chi connectivity index (χ3v) is 5.45. The number of carbonyl (C=O) groups excluding carboxylic acids is 1. The van der Waals surface area contributed by atoms with Gasteiger partial charge in [-0.25, -0.2) is 13.2 Å². The van der Waals surface area contributed by atoms with E-state index in [-0.39, 0.29) is 6.03 Å². The van der Waals surface area contributed by atoms with Crippen molar-refractivity contribution in [2.45, 2.75) is 18.7 Å². The van der Waals surface area contributed by atoms with E-state index in [0.717, 1.165) is 11.3 Å². The number of sulfone groups is 1. The number of benzene rings is 2. The van der Waals surface area contributed by atoms with Crippen LogP contribution in [0.3, 0.4) is 0 Å². The molecule has 2 aromatic carbocycles. The van der Waals surface area contributed by atoms with Gasteiger partial charge in [0.2, 0.25) is 0 Å². The van der Waals surface area contributed by atoms with Crippen molar-refractivity contribution in [2.75, 3.05) is 18.7 Å². The first kappa shape index (κ1) is 18.8. The van der Waals surface area contributed by atoms with Crippen LogP contribution in [0.1, 0.15) is 23.3 Å². The van der Waals surface area contributed by atoms with Gasteiger partial charge in [0.05, 0.1) is 12.4 Å². The van der Waals surface area contributed by atoms with Crippen molar-refractivity contribution in [3.8, 4) is 5.75 Å². The van der Waals surface area contributed by atoms with E-state index in [4.69, 9.17) is 4.74 Å². The van der Waals surface area contributed by atoms with Gasteiger partial charge in [0.1, 0.15) is 5.75 Å². The van der Waals surface area contributed by atoms with Gasteiger partial charge in [0, 0.05) is 18.5 Å². The summed E-state index contributed by atoms with van der Waals surface area (Å²) in [6, 6.07) is 13.8. The highest BCUT2D eigenvalue weighted by Gasteiger charge is 2.16. The van der Waals surface area contributed by atoms with Crippen LogP contribution >= 0.6 is 0 Å². The Bertz CT molecular complexity index is 815. The van der Waals surface area contributed by atoms with E-state index in [0.29, 0.717) is 17.8 Å². The lowest BCUT2D eigenvalue weighted by molar-refractivity contribution is 0.251. The SMILES string of the molecule is COc1ccc(CNC(=O)Nc2ccc([C@H](C)S(C)(=O)=O)cc2)cc1. The minimum Gasteiger partial charge on any atom is -0.497 e. The number of amides is 2. The Morgan fingerprint density at radius 3 is 2.20 bits per heavy atom. The quantitative estimate of drug-likeness (QED) is 0.827. The predicted molar refractivity (Wildman–Crippen MR) is 98.6 cm³/mol. The zero-order valence-corrected chi connectivity index (χ0v) is 15.3. The zero-order chi connectivity index (χ0) is 18.4. The topological polar surface area (TPSA) is 84.5 Å². The van der Waals surface area contributed by atoms with Crippen molar-refractivity contribution in [2.24, 2.45) is 0 Å². The summed E-state index contributed by atoms with van der Waals surface area (Å²) in [6.07, 6.45) is 1.20. The fraction of sp³-hybridized carbons (Fsp3) is 0.278. The maximum atomic E-state index is 11.9. The van der Waals surface area contributed by atoms with Crippen LogP contribution in [0.4, 0.5) is 10.5 Å². The second-order valence-electron chi connectivity index (χ2n) is 5.75. The van der Waals surface area contributed by atoms with Crippen molar-refractivity contribution in [3.05, 3.63) is 59.7 Å². The molecule has 2 amide bonds. The number of methoxy groups -OCH3 is 1. The highest BCUT2D eigenvalue weighted by atomic mass is 32.2. The second-order valence-corrected chi connectivity index (χ2v) is 8.12. The average Bonchev–Trinajstić information content (AvgIpc) is 2.59. The lowest BCUT2D eigenvalue weighted by atomic mass is 10.1. The summed E-state index contributed by atoms with van der Waals surface area (Å²) in [7, 11) is -1.54. The minimum absolute atomic E-state index is 0.334. The van der Waals surface area contributed by atoms with Crippen LogP contribution in [-0.2, 0) is 16.4 Å². The summed E-state index contributed by atoms with van der Waals surface area (Å²) in [6.45, 7) is 2.03. The van der Waals surface area contributed by atoms with Gasteiger partial charge in [-0.2, -0.15) is 0 Å². The molecule has 134 valence electrons. The molecule has 0 aliphatic rings. The number of hydrogen-bond donors (Lipinski definition) is 2. The smallest absolute Gasteiger partial charge is 0.319 e. The highest BCUT2D eigenvalue weighted by molar-refractivity contribution is 7.90. The van der Waals surface area contributed by atoms with Gasteiger partial charge in [0.15, 0.2) is 9.84 Å². The number of ether oxygens (including phenoxy) is 1. The average molecular weight is 362 g/mol. The molecule has 0 saturated heterocycles. The Labute approximate surface area is 148 Å². The number of nitrogens with one attached hydrogen (secondary N) is 2. The maximum Gasteiger partial charge on any atom is 0.319 e. The second kappa shape index (κ2) is 8.02. The lowest BCUT2D eigenvalue weighted by Crippen LogP contribution is -2.28. The molecule has 2 rings (SSSR count). The molecule has 2 aromatic rings. The van der Waals surface area contributed by atoms with Gasteiger partial charge in [-0.15, -0.1) is 0 Å². The standard InChI is InChI=1S/C18H22N2O4S/c1-13(25(3,22)23)15-6-8-16(9-7-15)20-18(21)19-12-14-4-10-17(24-2)11-5-14/h4-11,13H,12H2,1-3H3,(H2,19,20,21)/t13-/m0/s1. The van der Waals surface area contributed by atoms with Crippen LogP contribution in [-0.4, -0.2) is 27.8 Å². The first-order valence-corrected chi connectivity index (χ1v) is 9.71. The lowest BCUT2D eigenvalue weighted by Gasteiger charge is -2.12. The normalized spacial score (nSPS) is 12.3.